The number of rotatable bonds is 4. The summed E-state index contributed by atoms with van der Waals surface area (Å²) >= 11 is 0. The van der Waals surface area contributed by atoms with Gasteiger partial charge in [-0.15, -0.1) is 4.68 Å². The van der Waals surface area contributed by atoms with Gasteiger partial charge >= 0.3 is 5.69 Å². The van der Waals surface area contributed by atoms with Crippen LogP contribution in [0.25, 0.3) is 5.88 Å². The van der Waals surface area contributed by atoms with Gasteiger partial charge in [0.15, 0.2) is 0 Å². The Morgan fingerprint density at radius 1 is 1.35 bits per heavy atom. The molecule has 3 rings (SSSR count). The molecule has 20 heavy (non-hydrogen) atoms. The first-order valence-corrected chi connectivity index (χ1v) is 6.01. The minimum Gasteiger partial charge on any atom is -0.488 e. The molecule has 0 aliphatic carbocycles. The van der Waals surface area contributed by atoms with E-state index < -0.39 is 5.69 Å². The lowest BCUT2D eigenvalue weighted by Gasteiger charge is -2.08. The molecule has 7 heteroatoms. The highest BCUT2D eigenvalue weighted by Gasteiger charge is 2.13. The summed E-state index contributed by atoms with van der Waals surface area (Å²) in [6.07, 6.45) is 1.48. The van der Waals surface area contributed by atoms with Gasteiger partial charge in [-0.3, -0.25) is 0 Å². The van der Waals surface area contributed by atoms with Gasteiger partial charge in [0.05, 0.1) is 11.8 Å². The minimum absolute atomic E-state index is 0.274. The third-order valence-corrected chi connectivity index (χ3v) is 2.86. The number of aryl methyl sites for hydroxylation is 1. The van der Waals surface area contributed by atoms with E-state index in [1.807, 2.05) is 31.2 Å². The molecule has 2 aromatic heterocycles. The number of ether oxygens (including phenoxy) is 1. The van der Waals surface area contributed by atoms with Crippen LogP contribution in [0.1, 0.15) is 11.1 Å². The topological polar surface area (TPSA) is 85.9 Å². The third kappa shape index (κ3) is 2.20. The van der Waals surface area contributed by atoms with E-state index in [4.69, 9.17) is 9.15 Å². The van der Waals surface area contributed by atoms with Gasteiger partial charge < -0.3 is 9.15 Å². The molecule has 0 amide bonds. The average molecular weight is 272 g/mol. The van der Waals surface area contributed by atoms with Gasteiger partial charge in [0, 0.05) is 0 Å². The molecule has 102 valence electrons. The van der Waals surface area contributed by atoms with Gasteiger partial charge in [0.1, 0.15) is 12.4 Å². The summed E-state index contributed by atoms with van der Waals surface area (Å²) in [5.41, 5.74) is 1.29. The maximum absolute atomic E-state index is 11.5. The molecular formula is C13H12N4O3. The highest BCUT2D eigenvalue weighted by molar-refractivity contribution is 5.33. The summed E-state index contributed by atoms with van der Waals surface area (Å²) in [6, 6.07) is 9.43. The highest BCUT2D eigenvalue weighted by atomic mass is 16.5. The molecule has 0 saturated carbocycles. The second kappa shape index (κ2) is 5.04. The van der Waals surface area contributed by atoms with Crippen LogP contribution in [0.2, 0.25) is 0 Å². The lowest BCUT2D eigenvalue weighted by Crippen LogP contribution is -2.17. The molecule has 0 unspecified atom stereocenters. The van der Waals surface area contributed by atoms with Crippen molar-refractivity contribution in [3.8, 4) is 11.6 Å². The van der Waals surface area contributed by atoms with Crippen molar-refractivity contribution in [2.45, 2.75) is 13.5 Å². The molecule has 7 nitrogen and oxygen atoms in total. The highest BCUT2D eigenvalue weighted by Crippen LogP contribution is 2.20. The number of hydrogen-bond acceptors (Lipinski definition) is 5. The number of furan rings is 1. The summed E-state index contributed by atoms with van der Waals surface area (Å²) in [5.74, 6) is 1.09. The van der Waals surface area contributed by atoms with Gasteiger partial charge in [-0.1, -0.05) is 18.2 Å². The van der Waals surface area contributed by atoms with E-state index in [0.29, 0.717) is 11.4 Å². The summed E-state index contributed by atoms with van der Waals surface area (Å²) < 4.78 is 12.0. The maximum Gasteiger partial charge on any atom is 0.368 e. The molecule has 0 bridgehead atoms. The first-order chi connectivity index (χ1) is 9.75. The van der Waals surface area contributed by atoms with Crippen LogP contribution < -0.4 is 10.4 Å². The summed E-state index contributed by atoms with van der Waals surface area (Å²) in [7, 11) is 0. The molecule has 3 aromatic rings. The van der Waals surface area contributed by atoms with Crippen molar-refractivity contribution in [2.75, 3.05) is 0 Å². The first-order valence-electron chi connectivity index (χ1n) is 6.01. The zero-order valence-corrected chi connectivity index (χ0v) is 10.7. The molecular weight excluding hydrogens is 260 g/mol. The second-order valence-electron chi connectivity index (χ2n) is 4.22. The Morgan fingerprint density at radius 2 is 2.20 bits per heavy atom. The number of aromatic nitrogens is 4. The van der Waals surface area contributed by atoms with Crippen LogP contribution in [0.4, 0.5) is 0 Å². The first kappa shape index (κ1) is 12.2. The lowest BCUT2D eigenvalue weighted by molar-refractivity contribution is 0.301. The van der Waals surface area contributed by atoms with Crippen LogP contribution in [0, 0.1) is 6.92 Å². The van der Waals surface area contributed by atoms with Crippen molar-refractivity contribution in [1.29, 1.82) is 0 Å². The Morgan fingerprint density at radius 3 is 2.95 bits per heavy atom. The Hall–Kier alpha value is -2.83. The normalized spacial score (nSPS) is 10.7. The number of H-pyrrole nitrogens is 1. The van der Waals surface area contributed by atoms with Crippen molar-refractivity contribution in [2.24, 2.45) is 0 Å². The standard InChI is InChI=1S/C13H12N4O3/c1-9-4-2-3-5-11(9)20-8-10-6-7-19-12(10)17-13(18)14-15-16-17/h2-7H,8H2,1H3,(H,14,16,18). The molecule has 0 aliphatic heterocycles. The summed E-state index contributed by atoms with van der Waals surface area (Å²) in [5, 5.41) is 9.28. The van der Waals surface area contributed by atoms with Crippen molar-refractivity contribution < 1.29 is 9.15 Å². The van der Waals surface area contributed by atoms with E-state index in [9.17, 15) is 4.79 Å². The Bertz CT molecular complexity index is 772. The maximum atomic E-state index is 11.5. The number of nitrogens with one attached hydrogen (secondary N) is 1. The molecule has 0 saturated heterocycles. The summed E-state index contributed by atoms with van der Waals surface area (Å²) in [6.45, 7) is 2.24. The van der Waals surface area contributed by atoms with E-state index in [1.165, 1.54) is 6.26 Å². The number of aromatic amines is 1. The monoisotopic (exact) mass is 272 g/mol. The molecule has 0 aliphatic rings. The Kier molecular flexibility index (Phi) is 3.08. The molecule has 1 aromatic carbocycles. The summed E-state index contributed by atoms with van der Waals surface area (Å²) in [4.78, 5) is 11.5. The quantitative estimate of drug-likeness (QED) is 0.776. The van der Waals surface area contributed by atoms with Crippen LogP contribution in [0.5, 0.6) is 5.75 Å². The average Bonchev–Trinajstić information content (AvgIpc) is 3.06. The Balaban J connectivity index is 1.83. The molecule has 0 fully saturated rings. The molecule has 1 N–H and O–H groups in total. The predicted molar refractivity (Wildman–Crippen MR) is 69.8 cm³/mol. The van der Waals surface area contributed by atoms with Gasteiger partial charge in [0.25, 0.3) is 0 Å². The van der Waals surface area contributed by atoms with Crippen LogP contribution in [0.15, 0.2) is 45.8 Å². The van der Waals surface area contributed by atoms with E-state index in [1.54, 1.807) is 6.07 Å². The Labute approximate surface area is 113 Å². The van der Waals surface area contributed by atoms with Crippen LogP contribution in [0.3, 0.4) is 0 Å². The zero-order chi connectivity index (χ0) is 13.9. The fourth-order valence-electron chi connectivity index (χ4n) is 1.83. The van der Waals surface area contributed by atoms with Crippen molar-refractivity contribution >= 4 is 0 Å². The van der Waals surface area contributed by atoms with Crippen molar-refractivity contribution in [3.63, 3.8) is 0 Å². The van der Waals surface area contributed by atoms with E-state index in [2.05, 4.69) is 15.5 Å². The van der Waals surface area contributed by atoms with E-state index in [-0.39, 0.29) is 6.61 Å². The van der Waals surface area contributed by atoms with Gasteiger partial charge in [0.2, 0.25) is 5.88 Å². The van der Waals surface area contributed by atoms with Crippen molar-refractivity contribution in [1.82, 2.24) is 20.2 Å². The number of tetrazole rings is 1. The van der Waals surface area contributed by atoms with Crippen LogP contribution in [-0.4, -0.2) is 20.2 Å². The fraction of sp³-hybridized carbons (Fsp3) is 0.154. The fourth-order valence-corrected chi connectivity index (χ4v) is 1.83. The third-order valence-electron chi connectivity index (χ3n) is 2.86. The molecule has 0 spiro atoms. The van der Waals surface area contributed by atoms with E-state index >= 15 is 0 Å². The van der Waals surface area contributed by atoms with Crippen molar-refractivity contribution in [3.05, 3.63) is 58.2 Å². The number of para-hydroxylation sites is 1. The molecule has 0 radical (unpaired) electrons. The SMILES string of the molecule is Cc1ccccc1OCc1ccoc1-n1nn[nH]c1=O. The largest absolute Gasteiger partial charge is 0.488 e. The van der Waals surface area contributed by atoms with E-state index in [0.717, 1.165) is 16.0 Å². The lowest BCUT2D eigenvalue weighted by atomic mass is 10.2. The molecule has 2 heterocycles. The van der Waals surface area contributed by atoms with Gasteiger partial charge in [-0.05, 0) is 35.0 Å². The van der Waals surface area contributed by atoms with Crippen LogP contribution >= 0.6 is 0 Å². The predicted octanol–water partition coefficient (Wildman–Crippen LogP) is 1.44. The second-order valence-corrected chi connectivity index (χ2v) is 4.22. The van der Waals surface area contributed by atoms with Gasteiger partial charge in [-0.2, -0.15) is 0 Å². The van der Waals surface area contributed by atoms with Crippen LogP contribution in [-0.2, 0) is 6.61 Å². The zero-order valence-electron chi connectivity index (χ0n) is 10.7. The number of nitrogens with zero attached hydrogens (tertiary/aromatic N) is 3. The smallest absolute Gasteiger partial charge is 0.368 e. The number of benzene rings is 1. The van der Waals surface area contributed by atoms with Gasteiger partial charge in [-0.25, -0.2) is 9.89 Å². The minimum atomic E-state index is -0.461. The number of hydrogen-bond donors (Lipinski definition) is 1. The molecule has 0 atom stereocenters.